The number of nitrogens with one attached hydrogen (secondary N) is 2. The molecule has 5 heteroatoms. The highest BCUT2D eigenvalue weighted by Crippen LogP contribution is 2.13. The summed E-state index contributed by atoms with van der Waals surface area (Å²) < 4.78 is 4.73. The van der Waals surface area contributed by atoms with E-state index in [0.29, 0.717) is 18.0 Å². The summed E-state index contributed by atoms with van der Waals surface area (Å²) in [4.78, 5) is 23.6. The summed E-state index contributed by atoms with van der Waals surface area (Å²) in [6.07, 6.45) is 0.891. The van der Waals surface area contributed by atoms with E-state index in [2.05, 4.69) is 24.5 Å². The van der Waals surface area contributed by atoms with Crippen LogP contribution in [-0.2, 0) is 9.53 Å². The summed E-state index contributed by atoms with van der Waals surface area (Å²) in [6, 6.07) is 7.85. The average molecular weight is 278 g/mol. The second kappa shape index (κ2) is 8.19. The van der Waals surface area contributed by atoms with Gasteiger partial charge >= 0.3 is 12.0 Å². The average Bonchev–Trinajstić information content (AvgIpc) is 2.44. The number of rotatable bonds is 6. The molecule has 0 radical (unpaired) electrons. The Morgan fingerprint density at radius 1 is 1.20 bits per heavy atom. The van der Waals surface area contributed by atoms with Crippen LogP contribution in [0, 0.1) is 5.92 Å². The fraction of sp³-hybridized carbons (Fsp3) is 0.467. The number of hydrogen-bond donors (Lipinski definition) is 2. The third-order valence-electron chi connectivity index (χ3n) is 2.85. The Hall–Kier alpha value is -2.04. The SMILES string of the molecule is COC(=O)C(NC(=O)NCCC(C)C)c1ccccc1. The molecule has 2 amide bonds. The lowest BCUT2D eigenvalue weighted by atomic mass is 10.1. The van der Waals surface area contributed by atoms with Gasteiger partial charge in [0.25, 0.3) is 0 Å². The third-order valence-corrected chi connectivity index (χ3v) is 2.85. The maximum absolute atomic E-state index is 11.8. The Labute approximate surface area is 119 Å². The highest BCUT2D eigenvalue weighted by molar-refractivity contribution is 5.84. The molecular weight excluding hydrogens is 256 g/mol. The monoisotopic (exact) mass is 278 g/mol. The van der Waals surface area contributed by atoms with E-state index in [1.807, 2.05) is 18.2 Å². The minimum absolute atomic E-state index is 0.370. The number of urea groups is 1. The molecule has 20 heavy (non-hydrogen) atoms. The summed E-state index contributed by atoms with van der Waals surface area (Å²) in [6.45, 7) is 4.74. The van der Waals surface area contributed by atoms with Crippen molar-refractivity contribution in [3.8, 4) is 0 Å². The number of methoxy groups -OCH3 is 1. The molecule has 0 aliphatic rings. The first kappa shape index (κ1) is 16.0. The fourth-order valence-electron chi connectivity index (χ4n) is 1.70. The number of esters is 1. The Morgan fingerprint density at radius 2 is 1.85 bits per heavy atom. The first-order valence-electron chi connectivity index (χ1n) is 6.71. The van der Waals surface area contributed by atoms with E-state index in [4.69, 9.17) is 4.74 Å². The van der Waals surface area contributed by atoms with Crippen molar-refractivity contribution in [1.82, 2.24) is 10.6 Å². The lowest BCUT2D eigenvalue weighted by molar-refractivity contribution is -0.143. The van der Waals surface area contributed by atoms with Crippen LogP contribution in [0.3, 0.4) is 0 Å². The van der Waals surface area contributed by atoms with Gasteiger partial charge in [0, 0.05) is 6.54 Å². The predicted molar refractivity (Wildman–Crippen MR) is 77.2 cm³/mol. The van der Waals surface area contributed by atoms with Gasteiger partial charge in [-0.3, -0.25) is 0 Å². The summed E-state index contributed by atoms with van der Waals surface area (Å²) in [5.74, 6) is 0.0241. The van der Waals surface area contributed by atoms with Gasteiger partial charge in [0.05, 0.1) is 7.11 Å². The van der Waals surface area contributed by atoms with Crippen LogP contribution in [0.5, 0.6) is 0 Å². The Morgan fingerprint density at radius 3 is 2.40 bits per heavy atom. The Balaban J connectivity index is 2.62. The standard InChI is InChI=1S/C15H22N2O3/c1-11(2)9-10-16-15(19)17-13(14(18)20-3)12-7-5-4-6-8-12/h4-8,11,13H,9-10H2,1-3H3,(H2,16,17,19). The lowest BCUT2D eigenvalue weighted by Gasteiger charge is -2.17. The molecule has 1 rings (SSSR count). The molecule has 0 aliphatic heterocycles. The summed E-state index contributed by atoms with van der Waals surface area (Å²) in [7, 11) is 1.30. The predicted octanol–water partition coefficient (Wildman–Crippen LogP) is 2.25. The maximum Gasteiger partial charge on any atom is 0.333 e. The molecule has 1 unspecified atom stereocenters. The van der Waals surface area contributed by atoms with Crippen molar-refractivity contribution in [1.29, 1.82) is 0 Å². The van der Waals surface area contributed by atoms with Gasteiger partial charge in [0.1, 0.15) is 0 Å². The van der Waals surface area contributed by atoms with Crippen molar-refractivity contribution in [2.24, 2.45) is 5.92 Å². The molecule has 5 nitrogen and oxygen atoms in total. The highest BCUT2D eigenvalue weighted by Gasteiger charge is 2.23. The third kappa shape index (κ3) is 5.30. The lowest BCUT2D eigenvalue weighted by Crippen LogP contribution is -2.41. The number of amides is 2. The minimum Gasteiger partial charge on any atom is -0.467 e. The molecule has 1 atom stereocenters. The van der Waals surface area contributed by atoms with Crippen LogP contribution in [0.1, 0.15) is 31.9 Å². The first-order chi connectivity index (χ1) is 9.54. The van der Waals surface area contributed by atoms with E-state index in [-0.39, 0.29) is 6.03 Å². The van der Waals surface area contributed by atoms with E-state index in [1.165, 1.54) is 7.11 Å². The molecule has 2 N–H and O–H groups in total. The number of ether oxygens (including phenoxy) is 1. The van der Waals surface area contributed by atoms with Crippen molar-refractivity contribution >= 4 is 12.0 Å². The van der Waals surface area contributed by atoms with E-state index in [0.717, 1.165) is 6.42 Å². The zero-order valence-electron chi connectivity index (χ0n) is 12.2. The molecule has 0 saturated carbocycles. The molecule has 0 fully saturated rings. The molecule has 0 heterocycles. The van der Waals surface area contributed by atoms with E-state index < -0.39 is 12.0 Å². The number of carbonyl (C=O) groups is 2. The molecular formula is C15H22N2O3. The molecule has 1 aromatic carbocycles. The van der Waals surface area contributed by atoms with E-state index in [9.17, 15) is 9.59 Å². The second-order valence-electron chi connectivity index (χ2n) is 4.95. The molecule has 0 aliphatic carbocycles. The Bertz CT molecular complexity index is 432. The normalized spacial score (nSPS) is 11.8. The van der Waals surface area contributed by atoms with Crippen LogP contribution in [0.4, 0.5) is 4.79 Å². The molecule has 0 bridgehead atoms. The zero-order chi connectivity index (χ0) is 15.0. The van der Waals surface area contributed by atoms with Crippen molar-refractivity contribution in [2.45, 2.75) is 26.3 Å². The van der Waals surface area contributed by atoms with Gasteiger partial charge in [-0.25, -0.2) is 9.59 Å². The smallest absolute Gasteiger partial charge is 0.333 e. The van der Waals surface area contributed by atoms with Crippen LogP contribution >= 0.6 is 0 Å². The molecule has 0 saturated heterocycles. The number of benzene rings is 1. The minimum atomic E-state index is -0.791. The highest BCUT2D eigenvalue weighted by atomic mass is 16.5. The molecule has 110 valence electrons. The van der Waals surface area contributed by atoms with E-state index in [1.54, 1.807) is 12.1 Å². The van der Waals surface area contributed by atoms with Crippen molar-refractivity contribution in [2.75, 3.05) is 13.7 Å². The van der Waals surface area contributed by atoms with Gasteiger partial charge in [0.15, 0.2) is 6.04 Å². The Kier molecular flexibility index (Phi) is 6.56. The molecule has 0 spiro atoms. The van der Waals surface area contributed by atoms with Crippen molar-refractivity contribution in [3.63, 3.8) is 0 Å². The summed E-state index contributed by atoms with van der Waals surface area (Å²) in [5, 5.41) is 5.37. The zero-order valence-corrected chi connectivity index (χ0v) is 12.2. The van der Waals surface area contributed by atoms with Crippen LogP contribution < -0.4 is 10.6 Å². The fourth-order valence-corrected chi connectivity index (χ4v) is 1.70. The second-order valence-corrected chi connectivity index (χ2v) is 4.95. The van der Waals surface area contributed by atoms with Gasteiger partial charge in [-0.15, -0.1) is 0 Å². The largest absolute Gasteiger partial charge is 0.467 e. The molecule has 0 aromatic heterocycles. The quantitative estimate of drug-likeness (QED) is 0.784. The maximum atomic E-state index is 11.8. The first-order valence-corrected chi connectivity index (χ1v) is 6.71. The van der Waals surface area contributed by atoms with Gasteiger partial charge in [0.2, 0.25) is 0 Å². The van der Waals surface area contributed by atoms with Gasteiger partial charge in [-0.2, -0.15) is 0 Å². The van der Waals surface area contributed by atoms with Crippen molar-refractivity contribution < 1.29 is 14.3 Å². The van der Waals surface area contributed by atoms with Crippen LogP contribution in [0.15, 0.2) is 30.3 Å². The summed E-state index contributed by atoms with van der Waals surface area (Å²) in [5.41, 5.74) is 0.693. The number of carbonyl (C=O) groups excluding carboxylic acids is 2. The van der Waals surface area contributed by atoms with Crippen molar-refractivity contribution in [3.05, 3.63) is 35.9 Å². The van der Waals surface area contributed by atoms with Crippen LogP contribution in [0.2, 0.25) is 0 Å². The van der Waals surface area contributed by atoms with Gasteiger partial charge in [-0.1, -0.05) is 44.2 Å². The number of hydrogen-bond acceptors (Lipinski definition) is 3. The van der Waals surface area contributed by atoms with Gasteiger partial charge in [-0.05, 0) is 17.9 Å². The molecule has 1 aromatic rings. The van der Waals surface area contributed by atoms with Crippen LogP contribution in [0.25, 0.3) is 0 Å². The van der Waals surface area contributed by atoms with Gasteiger partial charge < -0.3 is 15.4 Å². The van der Waals surface area contributed by atoms with Crippen LogP contribution in [-0.4, -0.2) is 25.7 Å². The topological polar surface area (TPSA) is 67.4 Å². The summed E-state index contributed by atoms with van der Waals surface area (Å²) >= 11 is 0. The van der Waals surface area contributed by atoms with E-state index >= 15 is 0 Å².